The fourth-order valence-electron chi connectivity index (χ4n) is 6.63. The molecule has 2 aromatic heterocycles. The van der Waals surface area contributed by atoms with Crippen LogP contribution in [-0.4, -0.2) is 91.6 Å². The third-order valence-electron chi connectivity index (χ3n) is 9.89. The maximum Gasteiger partial charge on any atom is 3.00 e. The molecule has 8 aromatic rings. The minimum atomic E-state index is -5.52. The van der Waals surface area contributed by atoms with Crippen molar-refractivity contribution < 1.29 is 334 Å². The zero-order valence-corrected chi connectivity index (χ0v) is 63.6. The summed E-state index contributed by atoms with van der Waals surface area (Å²) in [5.41, 5.74) is 5.20. The molecule has 2 heterocycles. The SMILES string of the molecule is Nc1nc(Cl)nc(Nc2cc(S(=O)(=O)[O-])cc3cc(S(=O)(=O)[O-])c(N=Nc4cc([N+](=O)[O-])ccc4[O-])c([O-])c23)n1.Nc1nc(Cl)nc(Nc2cc(S(=O)(=O)[O-])cc3cc(S(=O)(=O)[O-])c(N=Nc4cc([N+](=O)[O-])ccc4[O-])c([O-])c23)n1.[Co+3].[K+].[K+].[K+].[K+].[Na+]. The van der Waals surface area contributed by atoms with Gasteiger partial charge in [-0.1, -0.05) is 35.1 Å². The first-order valence-corrected chi connectivity index (χ1v) is 26.6. The van der Waals surface area contributed by atoms with Crippen molar-refractivity contribution in [2.45, 2.75) is 19.6 Å². The fraction of sp³-hybridized carbons (Fsp3) is 0. The number of nitro groups is 2. The molecule has 0 amide bonds. The Morgan fingerprint density at radius 3 is 1.08 bits per heavy atom. The molecule has 86 heavy (non-hydrogen) atoms. The van der Waals surface area contributed by atoms with E-state index in [0.717, 1.165) is 24.3 Å². The van der Waals surface area contributed by atoms with Crippen molar-refractivity contribution >= 4 is 155 Å². The molecule has 422 valence electrons. The van der Waals surface area contributed by atoms with Gasteiger partial charge in [0.1, 0.15) is 40.5 Å². The van der Waals surface area contributed by atoms with E-state index >= 15 is 0 Å². The number of hydrogen-bond acceptors (Lipinski definition) is 34. The number of nitrogens with one attached hydrogen (secondary N) is 2. The maximum absolute atomic E-state index is 13.5. The second kappa shape index (κ2) is 33.4. The van der Waals surface area contributed by atoms with Gasteiger partial charge in [-0.05, 0) is 81.1 Å². The van der Waals surface area contributed by atoms with Crippen molar-refractivity contribution in [3.05, 3.63) is 104 Å². The fourth-order valence-corrected chi connectivity index (χ4v) is 9.31. The minimum Gasteiger partial charge on any atom is -0.871 e. The van der Waals surface area contributed by atoms with Crippen LogP contribution in [0.25, 0.3) is 21.5 Å². The second-order valence-electron chi connectivity index (χ2n) is 15.1. The number of nitro benzene ring substituents is 2. The van der Waals surface area contributed by atoms with Gasteiger partial charge in [0, 0.05) is 35.6 Å². The van der Waals surface area contributed by atoms with Gasteiger partial charge in [-0.2, -0.15) is 40.1 Å². The van der Waals surface area contributed by atoms with Crippen molar-refractivity contribution in [1.82, 2.24) is 29.9 Å². The van der Waals surface area contributed by atoms with Crippen molar-refractivity contribution in [1.29, 1.82) is 0 Å². The molecule has 6 aromatic carbocycles. The van der Waals surface area contributed by atoms with Crippen molar-refractivity contribution in [2.75, 3.05) is 22.1 Å². The first-order valence-electron chi connectivity index (χ1n) is 20.2. The molecular weight excluding hydrogens is 1440 g/mol. The molecule has 0 spiro atoms. The maximum atomic E-state index is 13.5. The van der Waals surface area contributed by atoms with Crippen LogP contribution in [-0.2, 0) is 57.3 Å². The van der Waals surface area contributed by atoms with Crippen LogP contribution in [0, 0.1) is 20.2 Å². The van der Waals surface area contributed by atoms with E-state index in [4.69, 9.17) is 34.7 Å². The summed E-state index contributed by atoms with van der Waals surface area (Å²) in [5, 5.41) is 88.7. The number of hydrogen-bond donors (Lipinski definition) is 4. The summed E-state index contributed by atoms with van der Waals surface area (Å²) in [6.45, 7) is 0. The number of azo groups is 2. The zero-order valence-electron chi connectivity index (χ0n) is 43.3. The normalized spacial score (nSPS) is 11.3. The first kappa shape index (κ1) is 82.5. The summed E-state index contributed by atoms with van der Waals surface area (Å²) < 4.78 is 143. The van der Waals surface area contributed by atoms with E-state index in [1.165, 1.54) is 0 Å². The van der Waals surface area contributed by atoms with Crippen LogP contribution in [0.1, 0.15) is 0 Å². The summed E-state index contributed by atoms with van der Waals surface area (Å²) >= 11 is 11.4. The third-order valence-corrected chi connectivity index (χ3v) is 13.6. The molecule has 0 saturated heterocycles. The Balaban J connectivity index is 0.000000804. The number of aromatic nitrogens is 6. The van der Waals surface area contributed by atoms with Crippen LogP contribution in [0.2, 0.25) is 10.6 Å². The Labute approximate surface area is 693 Å². The molecular formula is C38H18Cl2CoK4N16NaO20S4. The zero-order chi connectivity index (χ0) is 59.1. The van der Waals surface area contributed by atoms with E-state index in [1.54, 1.807) is 0 Å². The molecule has 6 N–H and O–H groups in total. The van der Waals surface area contributed by atoms with Gasteiger partial charge in [0.2, 0.25) is 34.4 Å². The molecule has 0 aliphatic rings. The second-order valence-corrected chi connectivity index (χ2v) is 21.2. The van der Waals surface area contributed by atoms with Crippen LogP contribution >= 0.6 is 23.2 Å². The molecule has 0 aliphatic carbocycles. The number of halogens is 2. The number of benzene rings is 6. The van der Waals surface area contributed by atoms with E-state index in [9.17, 15) is 92.5 Å². The predicted octanol–water partition coefficient (Wildman–Crippen LogP) is -12.4. The number of nitrogens with two attached hydrogens (primary N) is 2. The topological polar surface area (TPSA) is 610 Å². The Bertz CT molecular complexity index is 4220. The molecule has 0 aliphatic heterocycles. The average Bonchev–Trinajstić information content (AvgIpc) is 1.25. The number of anilines is 6. The Morgan fingerprint density at radius 2 is 0.802 bits per heavy atom. The standard InChI is InChI=1S/2C19H13ClN8O10S2.Co.4K.Na/c2*20-17-23-18(21)25-19(24-17)22-11-6-9(39(33,34)35)3-7-4-13(40(36,37)38)15(16(30)14(7)11)27-26-10-5-8(28(31)32)1-2-12(10)29;;;;;;/h2*1-6,29-30H,(H,33,34,35)(H,36,37,38)(H3,21,22,23,24,25);;;;;;/q;;+3;5*+1/p-8. The Hall–Kier alpha value is -1.47. The molecule has 0 unspecified atom stereocenters. The molecule has 0 atom stereocenters. The molecule has 8 rings (SSSR count). The van der Waals surface area contributed by atoms with E-state index in [2.05, 4.69) is 61.0 Å². The quantitative estimate of drug-likeness (QED) is 0.0258. The molecule has 0 fully saturated rings. The Kier molecular flexibility index (Phi) is 32.1. The van der Waals surface area contributed by atoms with Gasteiger partial charge in [-0.3, -0.25) is 20.2 Å². The van der Waals surface area contributed by atoms with E-state index in [1.807, 2.05) is 0 Å². The average molecular weight is 1460 g/mol. The molecule has 0 bridgehead atoms. The smallest absolute Gasteiger partial charge is 0.871 e. The summed E-state index contributed by atoms with van der Waals surface area (Å²) in [7, 11) is -21.5. The van der Waals surface area contributed by atoms with Gasteiger partial charge in [0.15, 0.2) is 0 Å². The van der Waals surface area contributed by atoms with E-state index in [-0.39, 0.29) is 252 Å². The molecule has 0 saturated carbocycles. The van der Waals surface area contributed by atoms with Gasteiger partial charge >= 0.3 is 252 Å². The van der Waals surface area contributed by atoms with Crippen LogP contribution in [0.15, 0.2) is 113 Å². The van der Waals surface area contributed by atoms with Gasteiger partial charge in [-0.25, -0.2) is 33.7 Å². The van der Waals surface area contributed by atoms with Crippen molar-refractivity contribution in [3.63, 3.8) is 0 Å². The van der Waals surface area contributed by atoms with Gasteiger partial charge in [0.05, 0.1) is 52.2 Å². The van der Waals surface area contributed by atoms with Gasteiger partial charge < -0.3 is 60.7 Å². The number of rotatable bonds is 14. The predicted molar refractivity (Wildman–Crippen MR) is 257 cm³/mol. The van der Waals surface area contributed by atoms with Crippen LogP contribution in [0.3, 0.4) is 0 Å². The van der Waals surface area contributed by atoms with E-state index in [0.29, 0.717) is 48.5 Å². The third kappa shape index (κ3) is 20.8. The van der Waals surface area contributed by atoms with Crippen molar-refractivity contribution in [2.24, 2.45) is 20.5 Å². The molecule has 36 nitrogen and oxygen atoms in total. The number of nitrogen functional groups attached to an aromatic ring is 2. The first-order chi connectivity index (χ1) is 37.1. The van der Waals surface area contributed by atoms with Crippen LogP contribution in [0.4, 0.5) is 69.3 Å². The molecule has 48 heteroatoms. The van der Waals surface area contributed by atoms with Gasteiger partial charge in [0.25, 0.3) is 11.4 Å². The number of nitrogens with zero attached hydrogens (tertiary/aromatic N) is 12. The Morgan fingerprint density at radius 1 is 0.477 bits per heavy atom. The van der Waals surface area contributed by atoms with Gasteiger partial charge in [-0.15, -0.1) is 10.2 Å². The molecule has 0 radical (unpaired) electrons. The number of fused-ring (bicyclic) bond motifs is 2. The van der Waals surface area contributed by atoms with E-state index < -0.39 is 194 Å². The van der Waals surface area contributed by atoms with Crippen molar-refractivity contribution in [3.8, 4) is 23.0 Å². The largest absolute Gasteiger partial charge is 3.00 e. The summed E-state index contributed by atoms with van der Waals surface area (Å²) in [5.74, 6) is -6.16. The summed E-state index contributed by atoms with van der Waals surface area (Å²) in [6, 6.07) is 8.38. The van der Waals surface area contributed by atoms with Crippen LogP contribution in [0.5, 0.6) is 23.0 Å². The number of non-ortho nitro benzene ring substituents is 2. The summed E-state index contributed by atoms with van der Waals surface area (Å²) in [6.07, 6.45) is 0. The van der Waals surface area contributed by atoms with Crippen LogP contribution < -0.4 is 278 Å². The monoisotopic (exact) mass is 1450 g/mol. The summed E-state index contributed by atoms with van der Waals surface area (Å²) in [4.78, 5) is 37.6. The minimum absolute atomic E-state index is 0.